The van der Waals surface area contributed by atoms with Gasteiger partial charge in [-0.3, -0.25) is 19.3 Å². The number of imide groups is 1. The van der Waals surface area contributed by atoms with Crippen LogP contribution in [0.15, 0.2) is 0 Å². The van der Waals surface area contributed by atoms with E-state index in [9.17, 15) is 19.5 Å². The molecule has 1 aliphatic rings. The van der Waals surface area contributed by atoms with Crippen LogP contribution in [0.3, 0.4) is 0 Å². The van der Waals surface area contributed by atoms with E-state index in [1.54, 1.807) is 0 Å². The SMILES string of the molecule is CCCC(O)CNC(=O)CCN1C(=O)CCC1=O. The molecule has 0 saturated carbocycles. The van der Waals surface area contributed by atoms with Crippen LogP contribution in [0.2, 0.25) is 0 Å². The van der Waals surface area contributed by atoms with Crippen LogP contribution in [-0.2, 0) is 14.4 Å². The minimum atomic E-state index is -0.533. The molecule has 0 aromatic rings. The van der Waals surface area contributed by atoms with Gasteiger partial charge in [0.25, 0.3) is 0 Å². The molecule has 18 heavy (non-hydrogen) atoms. The van der Waals surface area contributed by atoms with Crippen molar-refractivity contribution in [1.29, 1.82) is 0 Å². The molecular weight excluding hydrogens is 236 g/mol. The van der Waals surface area contributed by atoms with Crippen LogP contribution in [-0.4, -0.2) is 46.9 Å². The Hall–Kier alpha value is -1.43. The van der Waals surface area contributed by atoms with Gasteiger partial charge < -0.3 is 10.4 Å². The standard InChI is InChI=1S/C12H20N2O4/c1-2-3-9(15)8-13-10(16)6-7-14-11(17)4-5-12(14)18/h9,15H,2-8H2,1H3,(H,13,16). The molecule has 1 fully saturated rings. The monoisotopic (exact) mass is 256 g/mol. The highest BCUT2D eigenvalue weighted by atomic mass is 16.3. The van der Waals surface area contributed by atoms with E-state index in [2.05, 4.69) is 5.32 Å². The predicted molar refractivity (Wildman–Crippen MR) is 64.5 cm³/mol. The second kappa shape index (κ2) is 7.10. The molecule has 1 saturated heterocycles. The van der Waals surface area contributed by atoms with Crippen LogP contribution >= 0.6 is 0 Å². The number of amides is 3. The first-order valence-electron chi connectivity index (χ1n) is 6.32. The van der Waals surface area contributed by atoms with Crippen molar-refractivity contribution in [1.82, 2.24) is 10.2 Å². The van der Waals surface area contributed by atoms with Gasteiger partial charge in [0, 0.05) is 32.4 Å². The largest absolute Gasteiger partial charge is 0.391 e. The van der Waals surface area contributed by atoms with E-state index in [-0.39, 0.29) is 50.1 Å². The summed E-state index contributed by atoms with van der Waals surface area (Å²) in [5.41, 5.74) is 0. The molecule has 1 unspecified atom stereocenters. The number of nitrogens with one attached hydrogen (secondary N) is 1. The minimum Gasteiger partial charge on any atom is -0.391 e. The number of aliphatic hydroxyl groups excluding tert-OH is 1. The van der Waals surface area contributed by atoms with Crippen molar-refractivity contribution in [2.75, 3.05) is 13.1 Å². The summed E-state index contributed by atoms with van der Waals surface area (Å²) in [6, 6.07) is 0. The van der Waals surface area contributed by atoms with Crippen LogP contribution in [0.4, 0.5) is 0 Å². The van der Waals surface area contributed by atoms with Crippen molar-refractivity contribution in [2.45, 2.75) is 45.1 Å². The number of rotatable bonds is 7. The van der Waals surface area contributed by atoms with Gasteiger partial charge in [-0.25, -0.2) is 0 Å². The average Bonchev–Trinajstić information content (AvgIpc) is 2.64. The molecule has 1 heterocycles. The Morgan fingerprint density at radius 2 is 2.00 bits per heavy atom. The second-order valence-electron chi connectivity index (χ2n) is 4.44. The summed E-state index contributed by atoms with van der Waals surface area (Å²) in [6.07, 6.45) is 1.55. The van der Waals surface area contributed by atoms with Crippen molar-refractivity contribution >= 4 is 17.7 Å². The highest BCUT2D eigenvalue weighted by molar-refractivity contribution is 6.02. The molecule has 0 aliphatic carbocycles. The Morgan fingerprint density at radius 1 is 1.39 bits per heavy atom. The Balaban J connectivity index is 2.21. The molecule has 1 rings (SSSR count). The molecule has 0 bridgehead atoms. The number of hydrogen-bond donors (Lipinski definition) is 2. The molecule has 6 nitrogen and oxygen atoms in total. The zero-order valence-corrected chi connectivity index (χ0v) is 10.6. The second-order valence-corrected chi connectivity index (χ2v) is 4.44. The van der Waals surface area contributed by atoms with Gasteiger partial charge in [0.15, 0.2) is 0 Å². The lowest BCUT2D eigenvalue weighted by atomic mass is 10.2. The van der Waals surface area contributed by atoms with E-state index >= 15 is 0 Å². The molecular formula is C12H20N2O4. The zero-order valence-electron chi connectivity index (χ0n) is 10.6. The van der Waals surface area contributed by atoms with Crippen molar-refractivity contribution in [2.24, 2.45) is 0 Å². The molecule has 0 spiro atoms. The summed E-state index contributed by atoms with van der Waals surface area (Å²) >= 11 is 0. The summed E-state index contributed by atoms with van der Waals surface area (Å²) < 4.78 is 0. The molecule has 102 valence electrons. The van der Waals surface area contributed by atoms with Crippen molar-refractivity contribution in [3.05, 3.63) is 0 Å². The topological polar surface area (TPSA) is 86.7 Å². The number of carbonyl (C=O) groups excluding carboxylic acids is 3. The number of likely N-dealkylation sites (tertiary alicyclic amines) is 1. The summed E-state index contributed by atoms with van der Waals surface area (Å²) in [5, 5.41) is 12.0. The Kier molecular flexibility index (Phi) is 5.77. The maximum absolute atomic E-state index is 11.5. The lowest BCUT2D eigenvalue weighted by molar-refractivity contribution is -0.138. The van der Waals surface area contributed by atoms with Gasteiger partial charge in [-0.05, 0) is 6.42 Å². The fourth-order valence-electron chi connectivity index (χ4n) is 1.84. The first-order valence-corrected chi connectivity index (χ1v) is 6.32. The Morgan fingerprint density at radius 3 is 2.56 bits per heavy atom. The van der Waals surface area contributed by atoms with Crippen LogP contribution in [0.1, 0.15) is 39.0 Å². The molecule has 6 heteroatoms. The third-order valence-corrected chi connectivity index (χ3v) is 2.87. The predicted octanol–water partition coefficient (Wildman–Crippen LogP) is -0.197. The van der Waals surface area contributed by atoms with E-state index in [0.29, 0.717) is 6.42 Å². The quantitative estimate of drug-likeness (QED) is 0.618. The average molecular weight is 256 g/mol. The number of hydrogen-bond acceptors (Lipinski definition) is 4. The van der Waals surface area contributed by atoms with E-state index < -0.39 is 6.10 Å². The third kappa shape index (κ3) is 4.44. The molecule has 2 N–H and O–H groups in total. The summed E-state index contributed by atoms with van der Waals surface area (Å²) in [4.78, 5) is 35.1. The highest BCUT2D eigenvalue weighted by Gasteiger charge is 2.28. The normalized spacial score (nSPS) is 17.1. The lowest BCUT2D eigenvalue weighted by Crippen LogP contribution is -2.36. The van der Waals surface area contributed by atoms with Crippen molar-refractivity contribution in [3.8, 4) is 0 Å². The van der Waals surface area contributed by atoms with Crippen molar-refractivity contribution in [3.63, 3.8) is 0 Å². The first-order chi connectivity index (χ1) is 8.54. The molecule has 0 aromatic heterocycles. The molecule has 1 atom stereocenters. The Labute approximate surface area is 106 Å². The minimum absolute atomic E-state index is 0.0936. The van der Waals surface area contributed by atoms with E-state index in [0.717, 1.165) is 11.3 Å². The van der Waals surface area contributed by atoms with Gasteiger partial charge in [-0.15, -0.1) is 0 Å². The highest BCUT2D eigenvalue weighted by Crippen LogP contribution is 2.11. The van der Waals surface area contributed by atoms with Gasteiger partial charge in [0.1, 0.15) is 0 Å². The van der Waals surface area contributed by atoms with Gasteiger partial charge in [-0.1, -0.05) is 13.3 Å². The molecule has 0 radical (unpaired) electrons. The number of nitrogens with zero attached hydrogens (tertiary/aromatic N) is 1. The molecule has 3 amide bonds. The van der Waals surface area contributed by atoms with E-state index in [4.69, 9.17) is 0 Å². The van der Waals surface area contributed by atoms with Crippen LogP contribution < -0.4 is 5.32 Å². The fraction of sp³-hybridized carbons (Fsp3) is 0.750. The maximum Gasteiger partial charge on any atom is 0.229 e. The summed E-state index contributed by atoms with van der Waals surface area (Å²) in [5.74, 6) is -0.671. The molecule has 0 aromatic carbocycles. The third-order valence-electron chi connectivity index (χ3n) is 2.87. The van der Waals surface area contributed by atoms with E-state index in [1.807, 2.05) is 6.92 Å². The molecule has 1 aliphatic heterocycles. The number of aliphatic hydroxyl groups is 1. The summed E-state index contributed by atoms with van der Waals surface area (Å²) in [6.45, 7) is 2.30. The van der Waals surface area contributed by atoms with Crippen molar-refractivity contribution < 1.29 is 19.5 Å². The smallest absolute Gasteiger partial charge is 0.229 e. The first kappa shape index (κ1) is 14.6. The van der Waals surface area contributed by atoms with Crippen LogP contribution in [0.25, 0.3) is 0 Å². The number of carbonyl (C=O) groups is 3. The Bertz CT molecular complexity index is 314. The van der Waals surface area contributed by atoms with Gasteiger partial charge in [-0.2, -0.15) is 0 Å². The summed E-state index contributed by atoms with van der Waals surface area (Å²) in [7, 11) is 0. The van der Waals surface area contributed by atoms with E-state index in [1.165, 1.54) is 0 Å². The lowest BCUT2D eigenvalue weighted by Gasteiger charge is -2.14. The van der Waals surface area contributed by atoms with Gasteiger partial charge >= 0.3 is 0 Å². The fourth-order valence-corrected chi connectivity index (χ4v) is 1.84. The van der Waals surface area contributed by atoms with Crippen LogP contribution in [0.5, 0.6) is 0 Å². The maximum atomic E-state index is 11.5. The van der Waals surface area contributed by atoms with Crippen LogP contribution in [0, 0.1) is 0 Å². The van der Waals surface area contributed by atoms with Gasteiger partial charge in [0.05, 0.1) is 6.10 Å². The van der Waals surface area contributed by atoms with Gasteiger partial charge in [0.2, 0.25) is 17.7 Å². The zero-order chi connectivity index (χ0) is 13.5.